The number of hydrogen-bond donors (Lipinski definition) is 1. The maximum absolute atomic E-state index is 13.7. The average molecular weight is 343 g/mol. The van der Waals surface area contributed by atoms with Gasteiger partial charge < -0.3 is 5.73 Å². The third-order valence-electron chi connectivity index (χ3n) is 4.29. The molecule has 1 aromatic carbocycles. The van der Waals surface area contributed by atoms with Crippen LogP contribution in [-0.2, 0) is 0 Å². The van der Waals surface area contributed by atoms with E-state index in [2.05, 4.69) is 34.7 Å². The van der Waals surface area contributed by atoms with E-state index in [1.54, 1.807) is 6.07 Å². The zero-order chi connectivity index (χ0) is 14.7. The van der Waals surface area contributed by atoms with Gasteiger partial charge in [-0.05, 0) is 69.5 Å². The lowest BCUT2D eigenvalue weighted by Crippen LogP contribution is -2.40. The number of halogens is 2. The van der Waals surface area contributed by atoms with Gasteiger partial charge in [0.25, 0.3) is 0 Å². The van der Waals surface area contributed by atoms with Crippen molar-refractivity contribution in [3.63, 3.8) is 0 Å². The van der Waals surface area contributed by atoms with Crippen LogP contribution in [0.15, 0.2) is 22.7 Å². The normalized spacial score (nSPS) is 24.9. The number of rotatable bonds is 3. The summed E-state index contributed by atoms with van der Waals surface area (Å²) >= 11 is 3.59. The highest BCUT2D eigenvalue weighted by Gasteiger charge is 2.33. The minimum absolute atomic E-state index is 0.174. The van der Waals surface area contributed by atoms with Gasteiger partial charge in [0.1, 0.15) is 5.82 Å². The molecule has 0 saturated carbocycles. The number of nitrogens with zero attached hydrogens (tertiary/aromatic N) is 1. The molecule has 112 valence electrons. The van der Waals surface area contributed by atoms with E-state index in [-0.39, 0.29) is 11.9 Å². The van der Waals surface area contributed by atoms with Crippen molar-refractivity contribution in [3.8, 4) is 0 Å². The van der Waals surface area contributed by atoms with Crippen molar-refractivity contribution in [3.05, 3.63) is 34.1 Å². The quantitative estimate of drug-likeness (QED) is 0.895. The molecule has 2 rings (SSSR count). The van der Waals surface area contributed by atoms with E-state index in [1.165, 1.54) is 18.9 Å². The number of hydrogen-bond acceptors (Lipinski definition) is 2. The Morgan fingerprint density at radius 1 is 1.40 bits per heavy atom. The van der Waals surface area contributed by atoms with E-state index in [0.29, 0.717) is 18.5 Å². The zero-order valence-electron chi connectivity index (χ0n) is 12.3. The fraction of sp³-hybridized carbons (Fsp3) is 0.625. The number of nitrogens with two attached hydrogens (primary N) is 1. The maximum Gasteiger partial charge on any atom is 0.123 e. The Bertz CT molecular complexity index is 450. The minimum atomic E-state index is -0.174. The van der Waals surface area contributed by atoms with Gasteiger partial charge in [-0.15, -0.1) is 0 Å². The summed E-state index contributed by atoms with van der Waals surface area (Å²) in [6.07, 6.45) is 3.51. The second-order valence-corrected chi connectivity index (χ2v) is 6.79. The van der Waals surface area contributed by atoms with Crippen LogP contribution < -0.4 is 5.73 Å². The lowest BCUT2D eigenvalue weighted by molar-refractivity contribution is 0.121. The van der Waals surface area contributed by atoms with Crippen LogP contribution >= 0.6 is 15.9 Å². The molecule has 1 heterocycles. The van der Waals surface area contributed by atoms with Gasteiger partial charge in [0.15, 0.2) is 0 Å². The zero-order valence-corrected chi connectivity index (χ0v) is 13.9. The molecule has 1 aromatic rings. The Labute approximate surface area is 129 Å². The summed E-state index contributed by atoms with van der Waals surface area (Å²) in [5.74, 6) is 0.213. The molecular formula is C16H24BrFN2. The topological polar surface area (TPSA) is 29.3 Å². The molecule has 4 heteroatoms. The van der Waals surface area contributed by atoms with E-state index in [9.17, 15) is 4.39 Å². The number of likely N-dealkylation sites (tertiary alicyclic amines) is 1. The molecule has 0 bridgehead atoms. The molecular weight excluding hydrogens is 319 g/mol. The molecule has 20 heavy (non-hydrogen) atoms. The lowest BCUT2D eigenvalue weighted by atomic mass is 9.88. The second-order valence-electron chi connectivity index (χ2n) is 5.93. The summed E-state index contributed by atoms with van der Waals surface area (Å²) in [6.45, 7) is 6.12. The summed E-state index contributed by atoms with van der Waals surface area (Å²) in [6, 6.07) is 5.61. The van der Waals surface area contributed by atoms with Gasteiger partial charge in [-0.2, -0.15) is 0 Å². The molecule has 1 aliphatic rings. The highest BCUT2D eigenvalue weighted by atomic mass is 79.9. The van der Waals surface area contributed by atoms with Gasteiger partial charge in [-0.25, -0.2) is 4.39 Å². The van der Waals surface area contributed by atoms with Crippen molar-refractivity contribution >= 4 is 15.9 Å². The maximum atomic E-state index is 13.7. The smallest absolute Gasteiger partial charge is 0.123 e. The Kier molecular flexibility index (Phi) is 5.58. The highest BCUT2D eigenvalue weighted by Crippen LogP contribution is 2.39. The van der Waals surface area contributed by atoms with Gasteiger partial charge in [-0.1, -0.05) is 22.4 Å². The molecule has 1 fully saturated rings. The molecule has 2 N–H and O–H groups in total. The van der Waals surface area contributed by atoms with E-state index in [4.69, 9.17) is 5.73 Å². The molecule has 0 spiro atoms. The third kappa shape index (κ3) is 3.41. The molecule has 1 saturated heterocycles. The molecule has 2 atom stereocenters. The van der Waals surface area contributed by atoms with Crippen molar-refractivity contribution in [2.75, 3.05) is 13.1 Å². The van der Waals surface area contributed by atoms with Crippen LogP contribution in [0.3, 0.4) is 0 Å². The Morgan fingerprint density at radius 2 is 2.15 bits per heavy atom. The summed E-state index contributed by atoms with van der Waals surface area (Å²) in [5, 5.41) is 0. The molecule has 0 aromatic heterocycles. The predicted molar refractivity (Wildman–Crippen MR) is 85.1 cm³/mol. The Morgan fingerprint density at radius 3 is 2.80 bits per heavy atom. The summed E-state index contributed by atoms with van der Waals surface area (Å²) in [7, 11) is 0. The van der Waals surface area contributed by atoms with Crippen molar-refractivity contribution in [2.24, 2.45) is 11.7 Å². The fourth-order valence-electron chi connectivity index (χ4n) is 3.27. The average Bonchev–Trinajstić information content (AvgIpc) is 2.63. The Balaban J connectivity index is 2.45. The SMILES string of the molecule is CC(C)N1CCCCC(CN)C1c1cc(F)ccc1Br. The van der Waals surface area contributed by atoms with Crippen LogP contribution in [0.5, 0.6) is 0 Å². The molecule has 2 unspecified atom stereocenters. The van der Waals surface area contributed by atoms with Crippen LogP contribution in [0.1, 0.15) is 44.7 Å². The molecule has 1 aliphatic heterocycles. The summed E-state index contributed by atoms with van der Waals surface area (Å²) < 4.78 is 14.7. The van der Waals surface area contributed by atoms with Crippen LogP contribution in [0.2, 0.25) is 0 Å². The largest absolute Gasteiger partial charge is 0.330 e. The van der Waals surface area contributed by atoms with Gasteiger partial charge in [0.05, 0.1) is 0 Å². The summed E-state index contributed by atoms with van der Waals surface area (Å²) in [4.78, 5) is 2.48. The molecule has 0 amide bonds. The standard InChI is InChI=1S/C16H24BrFN2/c1-11(2)20-8-4-3-5-12(10-19)16(20)14-9-13(18)6-7-15(14)17/h6-7,9,11-12,16H,3-5,8,10,19H2,1-2H3. The first-order valence-electron chi connectivity index (χ1n) is 7.45. The third-order valence-corrected chi connectivity index (χ3v) is 5.01. The van der Waals surface area contributed by atoms with Crippen molar-refractivity contribution in [2.45, 2.75) is 45.2 Å². The van der Waals surface area contributed by atoms with Gasteiger partial charge >= 0.3 is 0 Å². The molecule has 0 radical (unpaired) electrons. The monoisotopic (exact) mass is 342 g/mol. The van der Waals surface area contributed by atoms with Crippen LogP contribution in [0, 0.1) is 11.7 Å². The minimum Gasteiger partial charge on any atom is -0.330 e. The van der Waals surface area contributed by atoms with E-state index >= 15 is 0 Å². The van der Waals surface area contributed by atoms with Crippen molar-refractivity contribution < 1.29 is 4.39 Å². The number of benzene rings is 1. The molecule has 0 aliphatic carbocycles. The van der Waals surface area contributed by atoms with E-state index in [1.807, 2.05) is 6.07 Å². The van der Waals surface area contributed by atoms with Gasteiger partial charge in [0, 0.05) is 16.6 Å². The first-order valence-corrected chi connectivity index (χ1v) is 8.24. The van der Waals surface area contributed by atoms with E-state index in [0.717, 1.165) is 23.0 Å². The lowest BCUT2D eigenvalue weighted by Gasteiger charge is -2.38. The first kappa shape index (κ1) is 15.9. The van der Waals surface area contributed by atoms with Crippen molar-refractivity contribution in [1.82, 2.24) is 4.90 Å². The fourth-order valence-corrected chi connectivity index (χ4v) is 3.75. The van der Waals surface area contributed by atoms with Crippen LogP contribution in [-0.4, -0.2) is 24.0 Å². The van der Waals surface area contributed by atoms with Crippen LogP contribution in [0.25, 0.3) is 0 Å². The second kappa shape index (κ2) is 7.01. The van der Waals surface area contributed by atoms with Gasteiger partial charge in [0.2, 0.25) is 0 Å². The van der Waals surface area contributed by atoms with Crippen molar-refractivity contribution in [1.29, 1.82) is 0 Å². The van der Waals surface area contributed by atoms with Gasteiger partial charge in [-0.3, -0.25) is 4.90 Å². The molecule has 2 nitrogen and oxygen atoms in total. The predicted octanol–water partition coefficient (Wildman–Crippen LogP) is 4.10. The highest BCUT2D eigenvalue weighted by molar-refractivity contribution is 9.10. The first-order chi connectivity index (χ1) is 9.54. The summed E-state index contributed by atoms with van der Waals surface area (Å²) in [5.41, 5.74) is 7.05. The van der Waals surface area contributed by atoms with Crippen LogP contribution in [0.4, 0.5) is 4.39 Å². The Hall–Kier alpha value is -0.450. The van der Waals surface area contributed by atoms with E-state index < -0.39 is 0 Å².